The van der Waals surface area contributed by atoms with Gasteiger partial charge in [-0.15, -0.1) is 35.3 Å². The van der Waals surface area contributed by atoms with Crippen molar-refractivity contribution in [1.82, 2.24) is 15.2 Å². The fraction of sp³-hybridized carbons (Fsp3) is 0.667. The first-order valence-corrected chi connectivity index (χ1v) is 8.79. The van der Waals surface area contributed by atoms with Crippen LogP contribution in [0.15, 0.2) is 11.2 Å². The van der Waals surface area contributed by atoms with E-state index in [1.54, 1.807) is 16.2 Å². The van der Waals surface area contributed by atoms with Crippen molar-refractivity contribution in [2.24, 2.45) is 10.7 Å². The van der Waals surface area contributed by atoms with Gasteiger partial charge >= 0.3 is 6.09 Å². The molecule has 2 rings (SSSR count). The Morgan fingerprint density at radius 1 is 1.54 bits per heavy atom. The van der Waals surface area contributed by atoms with Crippen LogP contribution in [0.4, 0.5) is 4.79 Å². The van der Waals surface area contributed by atoms with E-state index < -0.39 is 0 Å². The average Bonchev–Trinajstić information content (AvgIpc) is 2.93. The third-order valence-electron chi connectivity index (χ3n) is 3.65. The molecule has 1 aliphatic heterocycles. The molecule has 0 aromatic carbocycles. The van der Waals surface area contributed by atoms with Crippen molar-refractivity contribution >= 4 is 47.4 Å². The quantitative estimate of drug-likeness (QED) is 0.393. The lowest BCUT2D eigenvalue weighted by Gasteiger charge is -2.31. The molecular weight excluding hydrogens is 441 g/mol. The monoisotopic (exact) mass is 467 g/mol. The minimum absolute atomic E-state index is 0. The summed E-state index contributed by atoms with van der Waals surface area (Å²) in [4.78, 5) is 23.2. The number of aromatic nitrogens is 1. The first-order chi connectivity index (χ1) is 11.1. The first kappa shape index (κ1) is 20.9. The summed E-state index contributed by atoms with van der Waals surface area (Å²) >= 11 is 1.69. The number of hydrogen-bond acceptors (Lipinski definition) is 5. The van der Waals surface area contributed by atoms with Crippen LogP contribution < -0.4 is 11.1 Å². The van der Waals surface area contributed by atoms with Crippen molar-refractivity contribution in [3.05, 3.63) is 16.1 Å². The number of carbonyl (C=O) groups excluding carboxylic acids is 1. The molecule has 3 N–H and O–H groups in total. The highest BCUT2D eigenvalue weighted by Crippen LogP contribution is 2.12. The number of hydrogen-bond donors (Lipinski definition) is 2. The Balaban J connectivity index is 0.00000288. The van der Waals surface area contributed by atoms with Crippen molar-refractivity contribution in [3.63, 3.8) is 0 Å². The van der Waals surface area contributed by atoms with E-state index in [0.717, 1.165) is 24.3 Å². The molecular formula is C15H26IN5O2S. The molecule has 0 spiro atoms. The largest absolute Gasteiger partial charge is 0.450 e. The van der Waals surface area contributed by atoms with Crippen molar-refractivity contribution in [2.75, 3.05) is 26.2 Å². The normalized spacial score (nSPS) is 15.8. The number of aryl methyl sites for hydroxylation is 1. The molecule has 0 unspecified atom stereocenters. The minimum Gasteiger partial charge on any atom is -0.450 e. The Morgan fingerprint density at radius 3 is 2.83 bits per heavy atom. The van der Waals surface area contributed by atoms with Gasteiger partial charge in [-0.1, -0.05) is 0 Å². The lowest BCUT2D eigenvalue weighted by molar-refractivity contribution is 0.0963. The molecule has 1 aromatic rings. The number of nitrogens with one attached hydrogen (secondary N) is 1. The van der Waals surface area contributed by atoms with Crippen LogP contribution in [0.5, 0.6) is 0 Å². The maximum atomic E-state index is 11.6. The zero-order valence-corrected chi connectivity index (χ0v) is 17.3. The molecule has 2 heterocycles. The predicted molar refractivity (Wildman–Crippen MR) is 107 cm³/mol. The van der Waals surface area contributed by atoms with E-state index in [2.05, 4.69) is 15.3 Å². The minimum atomic E-state index is -0.230. The Hall–Kier alpha value is -1.10. The number of rotatable bonds is 5. The Morgan fingerprint density at radius 2 is 2.25 bits per heavy atom. The smallest absolute Gasteiger partial charge is 0.409 e. The van der Waals surface area contributed by atoms with Gasteiger partial charge in [0.2, 0.25) is 0 Å². The maximum Gasteiger partial charge on any atom is 0.409 e. The van der Waals surface area contributed by atoms with Gasteiger partial charge in [0.1, 0.15) is 0 Å². The SMILES string of the molecule is CCOC(=O)N1CCC(NC(N)=NCCc2ncc(C)s2)CC1.I. The zero-order chi connectivity index (χ0) is 16.7. The second-order valence-corrected chi connectivity index (χ2v) is 6.81. The van der Waals surface area contributed by atoms with Crippen LogP contribution in [0, 0.1) is 6.92 Å². The summed E-state index contributed by atoms with van der Waals surface area (Å²) in [6.45, 7) is 6.27. The number of ether oxygens (including phenoxy) is 1. The number of likely N-dealkylation sites (tertiary alicyclic amines) is 1. The van der Waals surface area contributed by atoms with Crippen LogP contribution in [0.2, 0.25) is 0 Å². The number of piperidine rings is 1. The summed E-state index contributed by atoms with van der Waals surface area (Å²) in [7, 11) is 0. The van der Waals surface area contributed by atoms with E-state index >= 15 is 0 Å². The Labute approximate surface area is 164 Å². The molecule has 1 saturated heterocycles. The van der Waals surface area contributed by atoms with Gasteiger partial charge in [0, 0.05) is 43.2 Å². The number of halogens is 1. The number of aliphatic imine (C=N–C) groups is 1. The molecule has 0 atom stereocenters. The van der Waals surface area contributed by atoms with E-state index in [4.69, 9.17) is 10.5 Å². The fourth-order valence-electron chi connectivity index (χ4n) is 2.46. The highest BCUT2D eigenvalue weighted by Gasteiger charge is 2.23. The summed E-state index contributed by atoms with van der Waals surface area (Å²) in [5.41, 5.74) is 5.93. The molecule has 136 valence electrons. The van der Waals surface area contributed by atoms with Crippen LogP contribution in [0.1, 0.15) is 29.7 Å². The summed E-state index contributed by atoms with van der Waals surface area (Å²) in [6.07, 6.45) is 4.15. The van der Waals surface area contributed by atoms with E-state index in [-0.39, 0.29) is 36.1 Å². The molecule has 24 heavy (non-hydrogen) atoms. The maximum absolute atomic E-state index is 11.6. The summed E-state index contributed by atoms with van der Waals surface area (Å²) in [6, 6.07) is 0.256. The van der Waals surface area contributed by atoms with E-state index in [1.165, 1.54) is 4.88 Å². The van der Waals surface area contributed by atoms with Crippen LogP contribution in [-0.4, -0.2) is 54.2 Å². The molecule has 0 aliphatic carbocycles. The Bertz CT molecular complexity index is 544. The van der Waals surface area contributed by atoms with Crippen molar-refractivity contribution in [2.45, 2.75) is 39.2 Å². The predicted octanol–water partition coefficient (Wildman–Crippen LogP) is 2.14. The second-order valence-electron chi connectivity index (χ2n) is 5.49. The highest BCUT2D eigenvalue weighted by molar-refractivity contribution is 14.0. The standard InChI is InChI=1S/C15H25N5O2S.HI/c1-3-22-15(21)20-8-5-12(6-9-20)19-14(16)17-7-4-13-18-10-11(2)23-13;/h10,12H,3-9H2,1-2H3,(H3,16,17,19);1H. The second kappa shape index (κ2) is 10.7. The lowest BCUT2D eigenvalue weighted by Crippen LogP contribution is -2.48. The van der Waals surface area contributed by atoms with Gasteiger partial charge in [0.15, 0.2) is 5.96 Å². The molecule has 9 heteroatoms. The van der Waals surface area contributed by atoms with E-state index in [0.29, 0.717) is 32.2 Å². The van der Waals surface area contributed by atoms with Gasteiger partial charge in [-0.05, 0) is 26.7 Å². The third-order valence-corrected chi connectivity index (χ3v) is 4.62. The number of carbonyl (C=O) groups is 1. The van der Waals surface area contributed by atoms with Gasteiger partial charge in [-0.3, -0.25) is 4.99 Å². The first-order valence-electron chi connectivity index (χ1n) is 7.98. The molecule has 1 amide bonds. The van der Waals surface area contributed by atoms with Gasteiger partial charge in [-0.2, -0.15) is 0 Å². The van der Waals surface area contributed by atoms with E-state index in [9.17, 15) is 4.79 Å². The van der Waals surface area contributed by atoms with Crippen molar-refractivity contribution in [1.29, 1.82) is 0 Å². The number of guanidine groups is 1. The van der Waals surface area contributed by atoms with Crippen LogP contribution in [0.3, 0.4) is 0 Å². The van der Waals surface area contributed by atoms with Crippen LogP contribution in [-0.2, 0) is 11.2 Å². The van der Waals surface area contributed by atoms with Crippen molar-refractivity contribution < 1.29 is 9.53 Å². The lowest BCUT2D eigenvalue weighted by atomic mass is 10.1. The van der Waals surface area contributed by atoms with Crippen LogP contribution >= 0.6 is 35.3 Å². The van der Waals surface area contributed by atoms with Gasteiger partial charge < -0.3 is 20.7 Å². The molecule has 0 radical (unpaired) electrons. The number of nitrogens with two attached hydrogens (primary N) is 1. The molecule has 7 nitrogen and oxygen atoms in total. The molecule has 1 aliphatic rings. The average molecular weight is 467 g/mol. The Kier molecular flexibility index (Phi) is 9.34. The zero-order valence-electron chi connectivity index (χ0n) is 14.2. The van der Waals surface area contributed by atoms with Gasteiger partial charge in [0.25, 0.3) is 0 Å². The molecule has 1 aromatic heterocycles. The topological polar surface area (TPSA) is 92.8 Å². The number of nitrogens with zero attached hydrogens (tertiary/aromatic N) is 3. The molecule has 1 fully saturated rings. The summed E-state index contributed by atoms with van der Waals surface area (Å²) in [5, 5.41) is 4.32. The number of thiazole rings is 1. The molecule has 0 bridgehead atoms. The third kappa shape index (κ3) is 6.80. The summed E-state index contributed by atoms with van der Waals surface area (Å²) in [5.74, 6) is 0.466. The fourth-order valence-corrected chi connectivity index (χ4v) is 3.24. The van der Waals surface area contributed by atoms with Gasteiger partial charge in [-0.25, -0.2) is 9.78 Å². The number of amides is 1. The van der Waals surface area contributed by atoms with Gasteiger partial charge in [0.05, 0.1) is 11.6 Å². The molecule has 0 saturated carbocycles. The summed E-state index contributed by atoms with van der Waals surface area (Å²) < 4.78 is 5.01. The van der Waals surface area contributed by atoms with E-state index in [1.807, 2.05) is 20.0 Å². The highest BCUT2D eigenvalue weighted by atomic mass is 127. The van der Waals surface area contributed by atoms with Crippen molar-refractivity contribution in [3.8, 4) is 0 Å². The van der Waals surface area contributed by atoms with Crippen LogP contribution in [0.25, 0.3) is 0 Å².